The van der Waals surface area contributed by atoms with Crippen LogP contribution in [0.2, 0.25) is 0 Å². The molecular weight excluding hydrogens is 256 g/mol. The van der Waals surface area contributed by atoms with E-state index in [0.29, 0.717) is 5.69 Å². The smallest absolute Gasteiger partial charge is 0.269 e. The summed E-state index contributed by atoms with van der Waals surface area (Å²) in [6.45, 7) is 0. The molecule has 5 nitrogen and oxygen atoms in total. The normalized spacial score (nSPS) is 10.4. The summed E-state index contributed by atoms with van der Waals surface area (Å²) in [6, 6.07) is 15.1. The average molecular weight is 268 g/mol. The SMILES string of the molecule is O=C(/C=C/c1ccc([N+](=O)[O-])cc1)Nc1ccccc1. The average Bonchev–Trinajstić information content (AvgIpc) is 2.46. The number of nitro benzene ring substituents is 1. The number of nitro groups is 1. The first-order chi connectivity index (χ1) is 9.65. The molecule has 0 saturated carbocycles. The second kappa shape index (κ2) is 6.29. The number of benzene rings is 2. The molecular formula is C15H12N2O3. The number of carbonyl (C=O) groups excluding carboxylic acids is 1. The molecule has 0 aliphatic carbocycles. The van der Waals surface area contributed by atoms with Gasteiger partial charge in [-0.15, -0.1) is 0 Å². The molecule has 2 aromatic carbocycles. The minimum Gasteiger partial charge on any atom is -0.323 e. The standard InChI is InChI=1S/C15H12N2O3/c18-15(16-13-4-2-1-3-5-13)11-8-12-6-9-14(10-7-12)17(19)20/h1-11H,(H,16,18)/b11-8+. The lowest BCUT2D eigenvalue weighted by Gasteiger charge is -2.00. The highest BCUT2D eigenvalue weighted by molar-refractivity contribution is 6.01. The Balaban J connectivity index is 1.98. The van der Waals surface area contributed by atoms with Crippen molar-refractivity contribution >= 4 is 23.4 Å². The van der Waals surface area contributed by atoms with E-state index in [2.05, 4.69) is 5.32 Å². The van der Waals surface area contributed by atoms with Crippen molar-refractivity contribution in [2.24, 2.45) is 0 Å². The summed E-state index contributed by atoms with van der Waals surface area (Å²) >= 11 is 0. The lowest BCUT2D eigenvalue weighted by Crippen LogP contribution is -2.07. The Hall–Kier alpha value is -2.95. The topological polar surface area (TPSA) is 72.2 Å². The summed E-state index contributed by atoms with van der Waals surface area (Å²) in [4.78, 5) is 21.7. The Morgan fingerprint density at radius 1 is 1.05 bits per heavy atom. The molecule has 1 amide bonds. The van der Waals surface area contributed by atoms with Crippen molar-refractivity contribution in [2.45, 2.75) is 0 Å². The minimum absolute atomic E-state index is 0.0240. The molecule has 0 atom stereocenters. The minimum atomic E-state index is -0.463. The van der Waals surface area contributed by atoms with E-state index in [0.717, 1.165) is 5.56 Å². The van der Waals surface area contributed by atoms with Crippen LogP contribution in [0.15, 0.2) is 60.7 Å². The van der Waals surface area contributed by atoms with E-state index in [1.54, 1.807) is 30.3 Å². The maximum Gasteiger partial charge on any atom is 0.269 e. The molecule has 0 aliphatic rings. The van der Waals surface area contributed by atoms with Gasteiger partial charge in [-0.2, -0.15) is 0 Å². The number of hydrogen-bond donors (Lipinski definition) is 1. The quantitative estimate of drug-likeness (QED) is 0.525. The van der Waals surface area contributed by atoms with E-state index in [4.69, 9.17) is 0 Å². The van der Waals surface area contributed by atoms with Gasteiger partial charge in [-0.3, -0.25) is 14.9 Å². The fourth-order valence-electron chi connectivity index (χ4n) is 1.58. The highest BCUT2D eigenvalue weighted by atomic mass is 16.6. The van der Waals surface area contributed by atoms with Crippen LogP contribution in [0.4, 0.5) is 11.4 Å². The number of para-hydroxylation sites is 1. The molecule has 0 aliphatic heterocycles. The first kappa shape index (κ1) is 13.5. The van der Waals surface area contributed by atoms with Gasteiger partial charge in [-0.25, -0.2) is 0 Å². The summed E-state index contributed by atoms with van der Waals surface area (Å²) in [7, 11) is 0. The van der Waals surface area contributed by atoms with Crippen molar-refractivity contribution in [3.05, 3.63) is 76.4 Å². The third-order valence-corrected chi connectivity index (χ3v) is 2.57. The van der Waals surface area contributed by atoms with E-state index in [9.17, 15) is 14.9 Å². The molecule has 0 bridgehead atoms. The number of non-ortho nitro benzene ring substituents is 1. The maximum atomic E-state index is 11.7. The Labute approximate surface area is 115 Å². The first-order valence-electron chi connectivity index (χ1n) is 5.94. The van der Waals surface area contributed by atoms with Crippen molar-refractivity contribution in [1.82, 2.24) is 0 Å². The van der Waals surface area contributed by atoms with Crippen LogP contribution in [0.1, 0.15) is 5.56 Å². The monoisotopic (exact) mass is 268 g/mol. The van der Waals surface area contributed by atoms with Crippen molar-refractivity contribution in [3.8, 4) is 0 Å². The summed E-state index contributed by atoms with van der Waals surface area (Å²) in [5, 5.41) is 13.2. The predicted molar refractivity (Wildman–Crippen MR) is 77.2 cm³/mol. The van der Waals surface area contributed by atoms with Crippen molar-refractivity contribution < 1.29 is 9.72 Å². The van der Waals surface area contributed by atoms with Crippen LogP contribution < -0.4 is 5.32 Å². The Kier molecular flexibility index (Phi) is 4.24. The van der Waals surface area contributed by atoms with Gasteiger partial charge in [-0.05, 0) is 35.9 Å². The largest absolute Gasteiger partial charge is 0.323 e. The van der Waals surface area contributed by atoms with Crippen LogP contribution in [0.3, 0.4) is 0 Å². The van der Waals surface area contributed by atoms with Gasteiger partial charge in [0, 0.05) is 23.9 Å². The van der Waals surface area contributed by atoms with Crippen LogP contribution in [-0.4, -0.2) is 10.8 Å². The Bertz CT molecular complexity index is 634. The summed E-state index contributed by atoms with van der Waals surface area (Å²) in [6.07, 6.45) is 2.98. The predicted octanol–water partition coefficient (Wildman–Crippen LogP) is 3.25. The van der Waals surface area contributed by atoms with Gasteiger partial charge in [0.15, 0.2) is 0 Å². The molecule has 1 N–H and O–H groups in total. The third-order valence-electron chi connectivity index (χ3n) is 2.57. The number of anilines is 1. The lowest BCUT2D eigenvalue weighted by atomic mass is 10.2. The van der Waals surface area contributed by atoms with Crippen molar-refractivity contribution in [3.63, 3.8) is 0 Å². The molecule has 0 fully saturated rings. The number of carbonyl (C=O) groups is 1. The Morgan fingerprint density at radius 3 is 2.30 bits per heavy atom. The maximum absolute atomic E-state index is 11.7. The first-order valence-corrected chi connectivity index (χ1v) is 5.94. The van der Waals surface area contributed by atoms with E-state index in [1.807, 2.05) is 18.2 Å². The van der Waals surface area contributed by atoms with E-state index in [1.165, 1.54) is 18.2 Å². The number of nitrogens with zero attached hydrogens (tertiary/aromatic N) is 1. The number of hydrogen-bond acceptors (Lipinski definition) is 3. The number of rotatable bonds is 4. The molecule has 5 heteroatoms. The van der Waals surface area contributed by atoms with Crippen LogP contribution in [0, 0.1) is 10.1 Å². The molecule has 0 radical (unpaired) electrons. The zero-order valence-corrected chi connectivity index (χ0v) is 10.5. The van der Waals surface area contributed by atoms with Gasteiger partial charge < -0.3 is 5.32 Å². The van der Waals surface area contributed by atoms with E-state index >= 15 is 0 Å². The molecule has 2 aromatic rings. The zero-order valence-electron chi connectivity index (χ0n) is 10.5. The fraction of sp³-hybridized carbons (Fsp3) is 0. The van der Waals surface area contributed by atoms with Gasteiger partial charge in [0.2, 0.25) is 5.91 Å². The molecule has 2 rings (SSSR count). The molecule has 0 saturated heterocycles. The highest BCUT2D eigenvalue weighted by Gasteiger charge is 2.02. The number of nitrogens with one attached hydrogen (secondary N) is 1. The summed E-state index contributed by atoms with van der Waals surface area (Å²) in [5.74, 6) is -0.255. The summed E-state index contributed by atoms with van der Waals surface area (Å²) in [5.41, 5.74) is 1.46. The van der Waals surface area contributed by atoms with Crippen LogP contribution in [-0.2, 0) is 4.79 Å². The van der Waals surface area contributed by atoms with Gasteiger partial charge in [0.1, 0.15) is 0 Å². The molecule has 0 aromatic heterocycles. The van der Waals surface area contributed by atoms with Crippen LogP contribution in [0.5, 0.6) is 0 Å². The van der Waals surface area contributed by atoms with Crippen molar-refractivity contribution in [1.29, 1.82) is 0 Å². The van der Waals surface area contributed by atoms with Gasteiger partial charge >= 0.3 is 0 Å². The molecule has 0 spiro atoms. The molecule has 20 heavy (non-hydrogen) atoms. The van der Waals surface area contributed by atoms with E-state index in [-0.39, 0.29) is 11.6 Å². The summed E-state index contributed by atoms with van der Waals surface area (Å²) < 4.78 is 0. The Morgan fingerprint density at radius 2 is 1.70 bits per heavy atom. The number of amides is 1. The van der Waals surface area contributed by atoms with Crippen LogP contribution in [0.25, 0.3) is 6.08 Å². The van der Waals surface area contributed by atoms with Crippen molar-refractivity contribution in [2.75, 3.05) is 5.32 Å². The highest BCUT2D eigenvalue weighted by Crippen LogP contribution is 2.13. The zero-order chi connectivity index (χ0) is 14.4. The lowest BCUT2D eigenvalue weighted by molar-refractivity contribution is -0.384. The van der Waals surface area contributed by atoms with E-state index < -0.39 is 4.92 Å². The fourth-order valence-corrected chi connectivity index (χ4v) is 1.58. The van der Waals surface area contributed by atoms with Crippen LogP contribution >= 0.6 is 0 Å². The molecule has 0 unspecified atom stereocenters. The molecule has 100 valence electrons. The van der Waals surface area contributed by atoms with Gasteiger partial charge in [-0.1, -0.05) is 18.2 Å². The molecule has 0 heterocycles. The van der Waals surface area contributed by atoms with Gasteiger partial charge in [0.25, 0.3) is 5.69 Å². The third kappa shape index (κ3) is 3.78. The van der Waals surface area contributed by atoms with Gasteiger partial charge in [0.05, 0.1) is 4.92 Å². The second-order valence-electron chi connectivity index (χ2n) is 4.04. The second-order valence-corrected chi connectivity index (χ2v) is 4.04.